The molecule has 2 heterocycles. The Hall–Kier alpha value is -2.89. The van der Waals surface area contributed by atoms with Gasteiger partial charge in [-0.05, 0) is 45.1 Å². The number of likely N-dealkylation sites (tertiary alicyclic amines) is 1. The lowest BCUT2D eigenvalue weighted by molar-refractivity contribution is -0.130. The van der Waals surface area contributed by atoms with E-state index < -0.39 is 17.7 Å². The third-order valence-electron chi connectivity index (χ3n) is 5.51. The molecule has 0 spiro atoms. The van der Waals surface area contributed by atoms with Gasteiger partial charge in [0.25, 0.3) is 11.7 Å². The highest BCUT2D eigenvalue weighted by molar-refractivity contribution is 6.43. The van der Waals surface area contributed by atoms with Crippen LogP contribution in [0, 0.1) is 6.92 Å². The second kappa shape index (κ2) is 9.07. The summed E-state index contributed by atoms with van der Waals surface area (Å²) in [7, 11) is 0. The van der Waals surface area contributed by atoms with Gasteiger partial charge in [0.05, 0.1) is 12.2 Å². The lowest BCUT2D eigenvalue weighted by atomic mass is 9.96. The first-order chi connectivity index (χ1) is 14.0. The first-order valence-electron chi connectivity index (χ1n) is 10.3. The molecule has 1 aliphatic heterocycles. The molecule has 1 aromatic carbocycles. The summed E-state index contributed by atoms with van der Waals surface area (Å²) < 4.78 is 5.21. The summed E-state index contributed by atoms with van der Waals surface area (Å²) in [5, 5.41) is 0. The quantitative estimate of drug-likeness (QED) is 0.452. The van der Waals surface area contributed by atoms with Gasteiger partial charge in [-0.15, -0.1) is 0 Å². The fourth-order valence-electron chi connectivity index (χ4n) is 4.08. The largest absolute Gasteiger partial charge is 0.462 e. The summed E-state index contributed by atoms with van der Waals surface area (Å²) in [6.45, 7) is 6.31. The molecule has 2 aromatic rings. The third-order valence-corrected chi connectivity index (χ3v) is 5.51. The van der Waals surface area contributed by atoms with E-state index in [1.54, 1.807) is 18.7 Å². The Bertz CT molecular complexity index is 901. The molecule has 0 saturated carbocycles. The number of piperidine rings is 1. The Morgan fingerprint density at radius 2 is 1.86 bits per heavy atom. The maximum absolute atomic E-state index is 13.3. The van der Waals surface area contributed by atoms with Crippen LogP contribution < -0.4 is 0 Å². The van der Waals surface area contributed by atoms with Crippen molar-refractivity contribution in [3.8, 4) is 11.1 Å². The van der Waals surface area contributed by atoms with Crippen molar-refractivity contribution < 1.29 is 19.1 Å². The predicted molar refractivity (Wildman–Crippen MR) is 111 cm³/mol. The van der Waals surface area contributed by atoms with Crippen LogP contribution in [0.5, 0.6) is 0 Å². The number of carbonyl (C=O) groups is 3. The first kappa shape index (κ1) is 20.8. The van der Waals surface area contributed by atoms with Crippen molar-refractivity contribution in [1.82, 2.24) is 9.88 Å². The average molecular weight is 396 g/mol. The molecule has 1 saturated heterocycles. The van der Waals surface area contributed by atoms with Crippen LogP contribution in [0.25, 0.3) is 11.1 Å². The number of Topliss-reactive ketones (excluding diaryl/α,β-unsaturated/α-hetero) is 1. The van der Waals surface area contributed by atoms with Gasteiger partial charge in [0, 0.05) is 23.8 Å². The lowest BCUT2D eigenvalue weighted by Crippen LogP contribution is -2.46. The molecule has 6 heteroatoms. The van der Waals surface area contributed by atoms with E-state index in [2.05, 4.69) is 4.98 Å². The van der Waals surface area contributed by atoms with Gasteiger partial charge in [0.1, 0.15) is 5.69 Å². The molecular formula is C23H28N2O4. The smallest absolute Gasteiger partial charge is 0.340 e. The van der Waals surface area contributed by atoms with Gasteiger partial charge >= 0.3 is 5.97 Å². The minimum Gasteiger partial charge on any atom is -0.462 e. The van der Waals surface area contributed by atoms with E-state index in [0.717, 1.165) is 25.7 Å². The molecule has 1 atom stereocenters. The SMILES string of the molecule is CCOC(=O)c1c(C)[nH]c(C(=O)C(=O)N2CCCC[C@H]2CC)c1-c1ccccc1. The molecular weight excluding hydrogens is 368 g/mol. The number of esters is 1. The van der Waals surface area contributed by atoms with Crippen molar-refractivity contribution >= 4 is 17.7 Å². The van der Waals surface area contributed by atoms with Crippen molar-refractivity contribution in [1.29, 1.82) is 0 Å². The molecule has 1 aromatic heterocycles. The summed E-state index contributed by atoms with van der Waals surface area (Å²) in [5.41, 5.74) is 2.11. The number of amides is 1. The molecule has 0 aliphatic carbocycles. The molecule has 1 amide bonds. The zero-order valence-corrected chi connectivity index (χ0v) is 17.3. The second-order valence-corrected chi connectivity index (χ2v) is 7.35. The third kappa shape index (κ3) is 4.11. The number of hydrogen-bond acceptors (Lipinski definition) is 4. The maximum atomic E-state index is 13.3. The predicted octanol–water partition coefficient (Wildman–Crippen LogP) is 4.14. The van der Waals surface area contributed by atoms with Crippen molar-refractivity contribution in [2.45, 2.75) is 52.5 Å². The number of hydrogen-bond donors (Lipinski definition) is 1. The van der Waals surface area contributed by atoms with E-state index in [9.17, 15) is 14.4 Å². The van der Waals surface area contributed by atoms with Crippen molar-refractivity contribution in [3.05, 3.63) is 47.3 Å². The Labute approximate surface area is 171 Å². The number of benzene rings is 1. The van der Waals surface area contributed by atoms with Gasteiger partial charge in [0.15, 0.2) is 0 Å². The van der Waals surface area contributed by atoms with E-state index in [1.165, 1.54) is 0 Å². The van der Waals surface area contributed by atoms with E-state index in [-0.39, 0.29) is 18.3 Å². The number of nitrogens with one attached hydrogen (secondary N) is 1. The van der Waals surface area contributed by atoms with E-state index in [1.807, 2.05) is 37.3 Å². The van der Waals surface area contributed by atoms with Crippen LogP contribution in [0.4, 0.5) is 0 Å². The zero-order chi connectivity index (χ0) is 21.0. The Morgan fingerprint density at radius 1 is 1.14 bits per heavy atom. The highest BCUT2D eigenvalue weighted by atomic mass is 16.5. The molecule has 154 valence electrons. The van der Waals surface area contributed by atoms with Crippen LogP contribution in [0.2, 0.25) is 0 Å². The summed E-state index contributed by atoms with van der Waals surface area (Å²) in [6.07, 6.45) is 3.71. The number of H-pyrrole nitrogens is 1. The van der Waals surface area contributed by atoms with Gasteiger partial charge in [0.2, 0.25) is 0 Å². The van der Waals surface area contributed by atoms with Crippen molar-refractivity contribution in [2.24, 2.45) is 0 Å². The van der Waals surface area contributed by atoms with Gasteiger partial charge in [-0.3, -0.25) is 9.59 Å². The number of ketones is 1. The van der Waals surface area contributed by atoms with Crippen LogP contribution in [0.1, 0.15) is 66.1 Å². The molecule has 6 nitrogen and oxygen atoms in total. The standard InChI is InChI=1S/C23H28N2O4/c1-4-17-13-9-10-14-25(17)22(27)21(26)20-19(16-11-7-6-8-12-16)18(15(3)24-20)23(28)29-5-2/h6-8,11-12,17,24H,4-5,9-10,13-14H2,1-3H3/t17-/m1/s1. The Morgan fingerprint density at radius 3 is 2.52 bits per heavy atom. The summed E-state index contributed by atoms with van der Waals surface area (Å²) in [4.78, 5) is 43.7. The monoisotopic (exact) mass is 396 g/mol. The molecule has 1 fully saturated rings. The number of aryl methyl sites for hydroxylation is 1. The van der Waals surface area contributed by atoms with E-state index >= 15 is 0 Å². The molecule has 0 radical (unpaired) electrons. The second-order valence-electron chi connectivity index (χ2n) is 7.35. The number of ether oxygens (including phenoxy) is 1. The Balaban J connectivity index is 2.06. The molecule has 0 bridgehead atoms. The number of carbonyl (C=O) groups excluding carboxylic acids is 3. The van der Waals surface area contributed by atoms with E-state index in [4.69, 9.17) is 4.74 Å². The maximum Gasteiger partial charge on any atom is 0.340 e. The Kier molecular flexibility index (Phi) is 6.52. The number of nitrogens with zero attached hydrogens (tertiary/aromatic N) is 1. The summed E-state index contributed by atoms with van der Waals surface area (Å²) in [6, 6.07) is 9.26. The fraction of sp³-hybridized carbons (Fsp3) is 0.435. The number of aromatic amines is 1. The van der Waals surface area contributed by atoms with E-state index in [0.29, 0.717) is 28.9 Å². The van der Waals surface area contributed by atoms with Crippen LogP contribution >= 0.6 is 0 Å². The van der Waals surface area contributed by atoms with Crippen molar-refractivity contribution in [3.63, 3.8) is 0 Å². The van der Waals surface area contributed by atoms with Gasteiger partial charge < -0.3 is 14.6 Å². The molecule has 29 heavy (non-hydrogen) atoms. The van der Waals surface area contributed by atoms with Crippen LogP contribution in [-0.2, 0) is 9.53 Å². The summed E-state index contributed by atoms with van der Waals surface area (Å²) >= 11 is 0. The molecule has 0 unspecified atom stereocenters. The van der Waals surface area contributed by atoms with Crippen LogP contribution in [0.15, 0.2) is 30.3 Å². The minimum atomic E-state index is -0.608. The van der Waals surface area contributed by atoms with Crippen molar-refractivity contribution in [2.75, 3.05) is 13.2 Å². The van der Waals surface area contributed by atoms with Crippen LogP contribution in [0.3, 0.4) is 0 Å². The van der Waals surface area contributed by atoms with Gasteiger partial charge in [-0.25, -0.2) is 4.79 Å². The number of aromatic nitrogens is 1. The lowest BCUT2D eigenvalue weighted by Gasteiger charge is -2.34. The molecule has 1 N–H and O–H groups in total. The van der Waals surface area contributed by atoms with Gasteiger partial charge in [-0.2, -0.15) is 0 Å². The minimum absolute atomic E-state index is 0.0842. The molecule has 1 aliphatic rings. The number of rotatable bonds is 6. The highest BCUT2D eigenvalue weighted by Crippen LogP contribution is 2.32. The summed E-state index contributed by atoms with van der Waals surface area (Å²) in [5.74, 6) is -1.62. The highest BCUT2D eigenvalue weighted by Gasteiger charge is 2.34. The van der Waals surface area contributed by atoms with Gasteiger partial charge in [-0.1, -0.05) is 37.3 Å². The van der Waals surface area contributed by atoms with Crippen LogP contribution in [-0.4, -0.2) is 46.7 Å². The first-order valence-corrected chi connectivity index (χ1v) is 10.3. The topological polar surface area (TPSA) is 79.5 Å². The normalized spacial score (nSPS) is 16.5. The average Bonchev–Trinajstić information content (AvgIpc) is 3.10. The fourth-order valence-corrected chi connectivity index (χ4v) is 4.08. The zero-order valence-electron chi connectivity index (χ0n) is 17.3. The molecule has 3 rings (SSSR count).